The van der Waals surface area contributed by atoms with E-state index >= 15 is 0 Å². The van der Waals surface area contributed by atoms with Gasteiger partial charge in [-0.15, -0.1) is 11.8 Å². The average Bonchev–Trinajstić information content (AvgIpc) is 2.38. The van der Waals surface area contributed by atoms with Gasteiger partial charge in [-0.2, -0.15) is 13.2 Å². The van der Waals surface area contributed by atoms with E-state index in [0.29, 0.717) is 30.4 Å². The van der Waals surface area contributed by atoms with Crippen molar-refractivity contribution in [3.05, 3.63) is 29.3 Å². The Bertz CT molecular complexity index is 435. The number of thioether (sulfide) groups is 1. The first kappa shape index (κ1) is 18.3. The fraction of sp³-hybridized carbons (Fsp3) is 0.600. The summed E-state index contributed by atoms with van der Waals surface area (Å²) in [5.74, 6) is 0.973. The number of benzene rings is 1. The molecule has 1 aromatic carbocycles. The average molecular weight is 321 g/mol. The van der Waals surface area contributed by atoms with Crippen LogP contribution < -0.4 is 5.32 Å². The zero-order chi connectivity index (χ0) is 15.9. The maximum atomic E-state index is 13.1. The van der Waals surface area contributed by atoms with Gasteiger partial charge in [0, 0.05) is 24.3 Å². The molecule has 120 valence electrons. The highest BCUT2D eigenvalue weighted by molar-refractivity contribution is 7.99. The van der Waals surface area contributed by atoms with Crippen LogP contribution in [0.25, 0.3) is 0 Å². The molecule has 0 unspecified atom stereocenters. The number of ether oxygens (including phenoxy) is 1. The van der Waals surface area contributed by atoms with Crippen LogP contribution in [0.2, 0.25) is 0 Å². The fourth-order valence-corrected chi connectivity index (χ4v) is 2.74. The van der Waals surface area contributed by atoms with E-state index < -0.39 is 11.7 Å². The van der Waals surface area contributed by atoms with Crippen LogP contribution in [0.15, 0.2) is 23.1 Å². The molecule has 0 heterocycles. The molecule has 0 spiro atoms. The number of alkyl halides is 3. The maximum Gasteiger partial charge on any atom is 0.417 e. The molecule has 0 aliphatic heterocycles. The number of hydrogen-bond donors (Lipinski definition) is 1. The summed E-state index contributed by atoms with van der Waals surface area (Å²) in [6.07, 6.45) is -4.33. The van der Waals surface area contributed by atoms with Crippen molar-refractivity contribution in [3.63, 3.8) is 0 Å². The first-order valence-corrected chi connectivity index (χ1v) is 7.85. The van der Waals surface area contributed by atoms with Gasteiger partial charge >= 0.3 is 6.18 Å². The van der Waals surface area contributed by atoms with Gasteiger partial charge in [0.2, 0.25) is 0 Å². The largest absolute Gasteiger partial charge is 0.417 e. The monoisotopic (exact) mass is 321 g/mol. The maximum absolute atomic E-state index is 13.1. The highest BCUT2D eigenvalue weighted by atomic mass is 32.2. The Kier molecular flexibility index (Phi) is 7.56. The zero-order valence-electron chi connectivity index (χ0n) is 12.6. The van der Waals surface area contributed by atoms with E-state index in [9.17, 15) is 13.2 Å². The molecule has 21 heavy (non-hydrogen) atoms. The van der Waals surface area contributed by atoms with Crippen LogP contribution in [0.5, 0.6) is 0 Å². The Labute approximate surface area is 128 Å². The van der Waals surface area contributed by atoms with Crippen molar-refractivity contribution in [2.24, 2.45) is 5.92 Å². The summed E-state index contributed by atoms with van der Waals surface area (Å²) in [5.41, 5.74) is 0.0894. The van der Waals surface area contributed by atoms with Crippen molar-refractivity contribution >= 4 is 11.8 Å². The summed E-state index contributed by atoms with van der Waals surface area (Å²) in [6, 6.07) is 4.54. The zero-order valence-corrected chi connectivity index (χ0v) is 13.4. The van der Waals surface area contributed by atoms with Gasteiger partial charge in [0.1, 0.15) is 0 Å². The summed E-state index contributed by atoms with van der Waals surface area (Å²) in [6.45, 7) is 5.78. The van der Waals surface area contributed by atoms with Gasteiger partial charge in [-0.3, -0.25) is 0 Å². The first-order chi connectivity index (χ1) is 9.84. The molecule has 2 nitrogen and oxygen atoms in total. The molecular weight excluding hydrogens is 299 g/mol. The molecule has 1 aromatic rings. The SMILES string of the molecule is COCCSc1ccc(CNCC(C)C)cc1C(F)(F)F. The molecule has 0 amide bonds. The topological polar surface area (TPSA) is 21.3 Å². The number of methoxy groups -OCH3 is 1. The molecule has 0 aliphatic rings. The Morgan fingerprint density at radius 2 is 2.00 bits per heavy atom. The summed E-state index contributed by atoms with van der Waals surface area (Å²) >= 11 is 1.17. The Morgan fingerprint density at radius 3 is 2.57 bits per heavy atom. The number of hydrogen-bond acceptors (Lipinski definition) is 3. The fourth-order valence-electron chi connectivity index (χ4n) is 1.77. The predicted octanol–water partition coefficient (Wildman–Crippen LogP) is 4.19. The lowest BCUT2D eigenvalue weighted by Gasteiger charge is -2.15. The molecule has 0 aliphatic carbocycles. The molecular formula is C15H22F3NOS. The quantitative estimate of drug-likeness (QED) is 0.573. The van der Waals surface area contributed by atoms with E-state index in [1.165, 1.54) is 24.9 Å². The second kappa shape index (κ2) is 8.66. The molecule has 0 radical (unpaired) electrons. The molecule has 1 N–H and O–H groups in total. The molecule has 0 fully saturated rings. The molecule has 0 saturated heterocycles. The lowest BCUT2D eigenvalue weighted by atomic mass is 10.1. The number of nitrogens with one attached hydrogen (secondary N) is 1. The second-order valence-corrected chi connectivity index (χ2v) is 6.33. The highest BCUT2D eigenvalue weighted by Crippen LogP contribution is 2.37. The van der Waals surface area contributed by atoms with Crippen molar-refractivity contribution in [1.29, 1.82) is 0 Å². The van der Waals surface area contributed by atoms with Crippen LogP contribution in [0, 0.1) is 5.92 Å². The molecule has 6 heteroatoms. The third kappa shape index (κ3) is 6.72. The van der Waals surface area contributed by atoms with Crippen LogP contribution in [-0.2, 0) is 17.5 Å². The minimum Gasteiger partial charge on any atom is -0.384 e. The number of halogens is 3. The Hall–Kier alpha value is -0.720. The smallest absolute Gasteiger partial charge is 0.384 e. The van der Waals surface area contributed by atoms with Gasteiger partial charge in [-0.05, 0) is 30.2 Å². The van der Waals surface area contributed by atoms with Crippen LogP contribution in [0.3, 0.4) is 0 Å². The third-order valence-electron chi connectivity index (χ3n) is 2.78. The summed E-state index contributed by atoms with van der Waals surface area (Å²) in [5, 5.41) is 3.16. The first-order valence-electron chi connectivity index (χ1n) is 6.87. The number of rotatable bonds is 8. The van der Waals surface area contributed by atoms with Crippen LogP contribution in [0.1, 0.15) is 25.0 Å². The van der Waals surface area contributed by atoms with Crippen molar-refractivity contribution < 1.29 is 17.9 Å². The van der Waals surface area contributed by atoms with Gasteiger partial charge in [0.05, 0.1) is 12.2 Å². The Balaban J connectivity index is 2.81. The lowest BCUT2D eigenvalue weighted by Crippen LogP contribution is -2.19. The summed E-state index contributed by atoms with van der Waals surface area (Å²) < 4.78 is 44.2. The molecule has 0 aromatic heterocycles. The normalized spacial score (nSPS) is 12.1. The Morgan fingerprint density at radius 1 is 1.29 bits per heavy atom. The summed E-state index contributed by atoms with van der Waals surface area (Å²) in [4.78, 5) is 0.257. The van der Waals surface area contributed by atoms with E-state index in [-0.39, 0.29) is 4.90 Å². The standard InChI is InChI=1S/C15H22F3NOS/c1-11(2)9-19-10-12-4-5-14(21-7-6-20-3)13(8-12)15(16,17)18/h4-5,8,11,19H,6-7,9-10H2,1-3H3. The second-order valence-electron chi connectivity index (χ2n) is 5.19. The van der Waals surface area contributed by atoms with Gasteiger partial charge in [-0.25, -0.2) is 0 Å². The van der Waals surface area contributed by atoms with Gasteiger partial charge in [0.15, 0.2) is 0 Å². The molecule has 0 saturated carbocycles. The van der Waals surface area contributed by atoms with Gasteiger partial charge in [-0.1, -0.05) is 19.9 Å². The van der Waals surface area contributed by atoms with Crippen LogP contribution in [0.4, 0.5) is 13.2 Å². The van der Waals surface area contributed by atoms with E-state index in [2.05, 4.69) is 19.2 Å². The molecule has 1 rings (SSSR count). The summed E-state index contributed by atoms with van der Waals surface area (Å²) in [7, 11) is 1.54. The van der Waals surface area contributed by atoms with Crippen molar-refractivity contribution in [3.8, 4) is 0 Å². The van der Waals surface area contributed by atoms with E-state index in [4.69, 9.17) is 4.74 Å². The van der Waals surface area contributed by atoms with Crippen molar-refractivity contribution in [2.45, 2.75) is 31.5 Å². The van der Waals surface area contributed by atoms with Crippen molar-refractivity contribution in [2.75, 3.05) is 26.0 Å². The molecule has 0 atom stereocenters. The van der Waals surface area contributed by atoms with Crippen LogP contribution in [-0.4, -0.2) is 26.0 Å². The van der Waals surface area contributed by atoms with Crippen molar-refractivity contribution in [1.82, 2.24) is 5.32 Å². The third-order valence-corrected chi connectivity index (χ3v) is 3.81. The minimum absolute atomic E-state index is 0.257. The molecule has 0 bridgehead atoms. The van der Waals surface area contributed by atoms with E-state index in [1.807, 2.05) is 0 Å². The minimum atomic E-state index is -4.33. The van der Waals surface area contributed by atoms with Gasteiger partial charge < -0.3 is 10.1 Å². The van der Waals surface area contributed by atoms with Gasteiger partial charge in [0.25, 0.3) is 0 Å². The lowest BCUT2D eigenvalue weighted by molar-refractivity contribution is -0.139. The van der Waals surface area contributed by atoms with Crippen LogP contribution >= 0.6 is 11.8 Å². The van der Waals surface area contributed by atoms with E-state index in [0.717, 1.165) is 6.54 Å². The highest BCUT2D eigenvalue weighted by Gasteiger charge is 2.33. The van der Waals surface area contributed by atoms with E-state index in [1.54, 1.807) is 12.1 Å². The predicted molar refractivity (Wildman–Crippen MR) is 80.6 cm³/mol.